The monoisotopic (exact) mass is 498 g/mol. The van der Waals surface area contributed by atoms with Crippen molar-refractivity contribution >= 4 is 34.0 Å². The maximum Gasteiger partial charge on any atom is 0.149 e. The van der Waals surface area contributed by atoms with Gasteiger partial charge in [0.25, 0.3) is 0 Å². The zero-order valence-corrected chi connectivity index (χ0v) is 20.4. The Morgan fingerprint density at radius 2 is 1.97 bits per heavy atom. The topological polar surface area (TPSA) is 115 Å². The molecule has 0 aromatic carbocycles. The van der Waals surface area contributed by atoms with Gasteiger partial charge in [0.15, 0.2) is 0 Å². The number of fused-ring (bicyclic) bond motifs is 2. The highest BCUT2D eigenvalue weighted by Gasteiger charge is 2.44. The number of aromatic nitrogens is 3. The molecule has 3 atom stereocenters. The first-order chi connectivity index (χ1) is 16.5. The van der Waals surface area contributed by atoms with Crippen LogP contribution in [-0.4, -0.2) is 55.3 Å². The minimum absolute atomic E-state index is 0.0213. The molecule has 10 heteroatoms. The molecular formula is C24H27ClN6O2S. The summed E-state index contributed by atoms with van der Waals surface area (Å²) in [5.41, 5.74) is 1.03. The van der Waals surface area contributed by atoms with E-state index in [1.807, 2.05) is 0 Å². The Kier molecular flexibility index (Phi) is 5.51. The van der Waals surface area contributed by atoms with Crippen LogP contribution < -0.4 is 10.2 Å². The van der Waals surface area contributed by atoms with Crippen LogP contribution in [0.25, 0.3) is 0 Å². The van der Waals surface area contributed by atoms with Crippen molar-refractivity contribution in [3.8, 4) is 6.07 Å². The van der Waals surface area contributed by atoms with E-state index in [0.29, 0.717) is 57.0 Å². The number of nitrogens with zero attached hydrogens (tertiary/aromatic N) is 5. The van der Waals surface area contributed by atoms with Gasteiger partial charge >= 0.3 is 0 Å². The molecule has 178 valence electrons. The SMILES string of the molecule is N#Cc1c(N2CC3CC(c4ncc(Cl)cn4)CC3C2)nc(NC2(CO)CCC2)c2c1CC[S@]2=O. The number of anilines is 2. The third-order valence-electron chi connectivity index (χ3n) is 8.16. The molecule has 4 heterocycles. The first kappa shape index (κ1) is 22.2. The molecule has 6 rings (SSSR count). The van der Waals surface area contributed by atoms with Gasteiger partial charge in [-0.2, -0.15) is 5.26 Å². The Morgan fingerprint density at radius 3 is 2.56 bits per heavy atom. The Balaban J connectivity index is 1.29. The van der Waals surface area contributed by atoms with Gasteiger partial charge in [0.1, 0.15) is 23.5 Å². The van der Waals surface area contributed by atoms with Gasteiger partial charge in [-0.15, -0.1) is 0 Å². The van der Waals surface area contributed by atoms with Crippen molar-refractivity contribution in [3.63, 3.8) is 0 Å². The second-order valence-corrected chi connectivity index (χ2v) is 12.1. The molecule has 1 saturated heterocycles. The summed E-state index contributed by atoms with van der Waals surface area (Å²) < 4.78 is 12.8. The fourth-order valence-electron chi connectivity index (χ4n) is 6.21. The molecule has 2 saturated carbocycles. The number of halogens is 1. The van der Waals surface area contributed by atoms with Gasteiger partial charge in [0.2, 0.25) is 0 Å². The lowest BCUT2D eigenvalue weighted by Crippen LogP contribution is -2.48. The van der Waals surface area contributed by atoms with Gasteiger partial charge in [0.05, 0.1) is 38.4 Å². The quantitative estimate of drug-likeness (QED) is 0.646. The number of hydrogen-bond donors (Lipinski definition) is 2. The molecule has 3 fully saturated rings. The average Bonchev–Trinajstić information content (AvgIpc) is 3.50. The van der Waals surface area contributed by atoms with Gasteiger partial charge in [-0.25, -0.2) is 15.0 Å². The summed E-state index contributed by atoms with van der Waals surface area (Å²) >= 11 is 5.95. The summed E-state index contributed by atoms with van der Waals surface area (Å²) in [4.78, 5) is 16.7. The van der Waals surface area contributed by atoms with Crippen molar-refractivity contribution in [3.05, 3.63) is 34.4 Å². The summed E-state index contributed by atoms with van der Waals surface area (Å²) in [6.07, 6.45) is 8.76. The molecule has 0 bridgehead atoms. The summed E-state index contributed by atoms with van der Waals surface area (Å²) in [7, 11) is -1.18. The van der Waals surface area contributed by atoms with E-state index in [4.69, 9.17) is 16.6 Å². The average molecular weight is 499 g/mol. The van der Waals surface area contributed by atoms with Crippen molar-refractivity contribution in [2.75, 3.05) is 35.7 Å². The minimum Gasteiger partial charge on any atom is -0.394 e. The molecule has 34 heavy (non-hydrogen) atoms. The number of rotatable bonds is 5. The standard InChI is InChI=1S/C24H27ClN6O2S/c25-17-9-27-21(28-10-17)14-6-15-11-31(12-16(15)7-14)23-19(8-26)18-2-5-34(33)20(18)22(29-23)30-24(13-32)3-1-4-24/h9-10,14-16,32H,1-7,11-13H2,(H,29,30)/t14?,15?,16?,34-/m1/s1. The summed E-state index contributed by atoms with van der Waals surface area (Å²) in [5.74, 6) is 3.99. The number of hydrogen-bond acceptors (Lipinski definition) is 8. The lowest BCUT2D eigenvalue weighted by atomic mass is 9.77. The number of aliphatic hydroxyl groups excluding tert-OH is 1. The van der Waals surface area contributed by atoms with Crippen LogP contribution in [0.4, 0.5) is 11.6 Å². The Morgan fingerprint density at radius 1 is 1.26 bits per heavy atom. The first-order valence-corrected chi connectivity index (χ1v) is 13.7. The van der Waals surface area contributed by atoms with Crippen LogP contribution >= 0.6 is 11.6 Å². The molecule has 4 aliphatic rings. The number of pyridine rings is 1. The molecule has 2 aromatic heterocycles. The van der Waals surface area contributed by atoms with E-state index in [0.717, 1.165) is 56.6 Å². The van der Waals surface area contributed by atoms with Gasteiger partial charge < -0.3 is 15.3 Å². The predicted octanol–water partition coefficient (Wildman–Crippen LogP) is 3.02. The highest BCUT2D eigenvalue weighted by Crippen LogP contribution is 2.48. The van der Waals surface area contributed by atoms with E-state index in [2.05, 4.69) is 26.3 Å². The van der Waals surface area contributed by atoms with Crippen LogP contribution in [0.5, 0.6) is 0 Å². The largest absolute Gasteiger partial charge is 0.394 e. The van der Waals surface area contributed by atoms with Crippen molar-refractivity contribution < 1.29 is 9.32 Å². The predicted molar refractivity (Wildman–Crippen MR) is 129 cm³/mol. The van der Waals surface area contributed by atoms with Crippen LogP contribution in [0.3, 0.4) is 0 Å². The van der Waals surface area contributed by atoms with Crippen LogP contribution in [-0.2, 0) is 17.2 Å². The summed E-state index contributed by atoms with van der Waals surface area (Å²) in [6, 6.07) is 2.38. The summed E-state index contributed by atoms with van der Waals surface area (Å²) in [5, 5.41) is 24.1. The Bertz CT molecular complexity index is 1180. The van der Waals surface area contributed by atoms with E-state index in [-0.39, 0.29) is 6.61 Å². The van der Waals surface area contributed by atoms with Gasteiger partial charge in [-0.3, -0.25) is 4.21 Å². The normalized spacial score (nSPS) is 28.8. The molecule has 0 spiro atoms. The second-order valence-electron chi connectivity index (χ2n) is 10.1. The van der Waals surface area contributed by atoms with E-state index >= 15 is 0 Å². The molecule has 0 radical (unpaired) electrons. The smallest absolute Gasteiger partial charge is 0.149 e. The fourth-order valence-corrected chi connectivity index (χ4v) is 7.69. The van der Waals surface area contributed by atoms with Crippen LogP contribution in [0.2, 0.25) is 5.02 Å². The van der Waals surface area contributed by atoms with Gasteiger partial charge in [-0.1, -0.05) is 11.6 Å². The number of nitrogens with one attached hydrogen (secondary N) is 1. The number of aliphatic hydroxyl groups is 1. The lowest BCUT2D eigenvalue weighted by Gasteiger charge is -2.42. The van der Waals surface area contributed by atoms with Crippen LogP contribution in [0.1, 0.15) is 55.0 Å². The van der Waals surface area contributed by atoms with E-state index in [9.17, 15) is 14.6 Å². The van der Waals surface area contributed by atoms with Crippen molar-refractivity contribution in [1.29, 1.82) is 5.26 Å². The van der Waals surface area contributed by atoms with Crippen molar-refractivity contribution in [1.82, 2.24) is 15.0 Å². The Hall–Kier alpha value is -2.28. The molecule has 0 amide bonds. The van der Waals surface area contributed by atoms with Gasteiger partial charge in [0, 0.05) is 37.2 Å². The maximum absolute atomic E-state index is 12.8. The van der Waals surface area contributed by atoms with E-state index in [1.54, 1.807) is 12.4 Å². The second kappa shape index (κ2) is 8.43. The highest BCUT2D eigenvalue weighted by molar-refractivity contribution is 7.85. The molecule has 2 aromatic rings. The molecule has 2 aliphatic carbocycles. The van der Waals surface area contributed by atoms with Gasteiger partial charge in [-0.05, 0) is 55.9 Å². The maximum atomic E-state index is 12.8. The third-order valence-corrected chi connectivity index (χ3v) is 9.83. The van der Waals surface area contributed by atoms with E-state index < -0.39 is 16.3 Å². The molecular weight excluding hydrogens is 472 g/mol. The summed E-state index contributed by atoms with van der Waals surface area (Å²) in [6.45, 7) is 1.69. The third kappa shape index (κ3) is 3.58. The minimum atomic E-state index is -1.18. The van der Waals surface area contributed by atoms with Crippen molar-refractivity contribution in [2.24, 2.45) is 11.8 Å². The Labute approximate surface area is 206 Å². The lowest BCUT2D eigenvalue weighted by molar-refractivity contribution is 0.143. The molecule has 8 nitrogen and oxygen atoms in total. The van der Waals surface area contributed by atoms with Crippen LogP contribution in [0, 0.1) is 23.2 Å². The van der Waals surface area contributed by atoms with E-state index in [1.165, 1.54) is 0 Å². The zero-order valence-electron chi connectivity index (χ0n) is 18.8. The van der Waals surface area contributed by atoms with Crippen molar-refractivity contribution in [2.45, 2.75) is 54.9 Å². The fraction of sp³-hybridized carbons (Fsp3) is 0.583. The molecule has 2 N–H and O–H groups in total. The number of nitriles is 1. The first-order valence-electron chi connectivity index (χ1n) is 12.0. The van der Waals surface area contributed by atoms with Crippen LogP contribution in [0.15, 0.2) is 17.3 Å². The molecule has 2 unspecified atom stereocenters. The molecule has 2 aliphatic heterocycles. The highest BCUT2D eigenvalue weighted by atomic mass is 35.5. The zero-order chi connectivity index (χ0) is 23.4.